The fourth-order valence-electron chi connectivity index (χ4n) is 3.16. The molecule has 2 amide bonds. The van der Waals surface area contributed by atoms with Crippen LogP contribution in [0.5, 0.6) is 5.75 Å². The Kier molecular flexibility index (Phi) is 4.12. The summed E-state index contributed by atoms with van der Waals surface area (Å²) < 4.78 is 2.09. The molecule has 2 aliphatic heterocycles. The predicted molar refractivity (Wildman–Crippen MR) is 93.4 cm³/mol. The van der Waals surface area contributed by atoms with Gasteiger partial charge < -0.3 is 19.9 Å². The van der Waals surface area contributed by atoms with E-state index in [9.17, 15) is 14.7 Å². The summed E-state index contributed by atoms with van der Waals surface area (Å²) in [7, 11) is 0. The molecule has 0 bridgehead atoms. The van der Waals surface area contributed by atoms with Gasteiger partial charge in [0.05, 0.1) is 18.2 Å². The first-order chi connectivity index (χ1) is 12.1. The molecule has 25 heavy (non-hydrogen) atoms. The average Bonchev–Trinajstić information content (AvgIpc) is 3.26. The monoisotopic (exact) mass is 358 g/mol. The van der Waals surface area contributed by atoms with Gasteiger partial charge in [-0.05, 0) is 12.1 Å². The molecule has 130 valence electrons. The lowest BCUT2D eigenvalue weighted by Gasteiger charge is -2.16. The Morgan fingerprint density at radius 2 is 2.32 bits per heavy atom. The third kappa shape index (κ3) is 3.21. The number of thioether (sulfide) groups is 1. The summed E-state index contributed by atoms with van der Waals surface area (Å²) in [6.45, 7) is 1.65. The van der Waals surface area contributed by atoms with Crippen LogP contribution in [0.4, 0.5) is 5.69 Å². The van der Waals surface area contributed by atoms with Crippen molar-refractivity contribution in [2.75, 3.05) is 17.2 Å². The van der Waals surface area contributed by atoms with Gasteiger partial charge >= 0.3 is 0 Å². The number of aromatic hydroxyl groups is 1. The summed E-state index contributed by atoms with van der Waals surface area (Å²) >= 11 is 1.72. The molecule has 0 aliphatic carbocycles. The molecule has 0 unspecified atom stereocenters. The zero-order valence-electron chi connectivity index (χ0n) is 13.5. The zero-order valence-corrected chi connectivity index (χ0v) is 14.3. The molecule has 1 aromatic heterocycles. The Labute approximate surface area is 149 Å². The largest absolute Gasteiger partial charge is 0.508 e. The van der Waals surface area contributed by atoms with Crippen molar-refractivity contribution in [3.63, 3.8) is 0 Å². The molecule has 0 saturated carbocycles. The summed E-state index contributed by atoms with van der Waals surface area (Å²) in [5, 5.41) is 13.4. The highest BCUT2D eigenvalue weighted by atomic mass is 32.2. The van der Waals surface area contributed by atoms with Gasteiger partial charge in [0.25, 0.3) is 0 Å². The number of fused-ring (bicyclic) bond motifs is 1. The molecule has 1 saturated heterocycles. The molecular formula is C17H18N4O3S. The number of hydrogen-bond acceptors (Lipinski definition) is 5. The number of nitrogens with zero attached hydrogens (tertiary/aromatic N) is 3. The molecule has 8 heteroatoms. The number of phenolic OH excluding ortho intramolecular Hbond substituents is 1. The van der Waals surface area contributed by atoms with Crippen molar-refractivity contribution < 1.29 is 14.7 Å². The Bertz CT molecular complexity index is 814. The second-order valence-corrected chi connectivity index (χ2v) is 7.26. The van der Waals surface area contributed by atoms with Crippen molar-refractivity contribution in [2.24, 2.45) is 5.92 Å². The van der Waals surface area contributed by atoms with E-state index in [1.807, 2.05) is 6.20 Å². The number of aromatic nitrogens is 2. The quantitative estimate of drug-likeness (QED) is 0.862. The predicted octanol–water partition coefficient (Wildman–Crippen LogP) is 1.36. The Morgan fingerprint density at radius 3 is 3.12 bits per heavy atom. The van der Waals surface area contributed by atoms with Gasteiger partial charge in [0.2, 0.25) is 11.8 Å². The van der Waals surface area contributed by atoms with Crippen LogP contribution in [0.2, 0.25) is 0 Å². The van der Waals surface area contributed by atoms with Crippen molar-refractivity contribution in [1.82, 2.24) is 14.9 Å². The number of phenols is 1. The minimum Gasteiger partial charge on any atom is -0.508 e. The second kappa shape index (κ2) is 6.44. The summed E-state index contributed by atoms with van der Waals surface area (Å²) in [6, 6.07) is 6.51. The molecule has 2 aromatic rings. The lowest BCUT2D eigenvalue weighted by atomic mass is 10.1. The maximum atomic E-state index is 12.4. The van der Waals surface area contributed by atoms with Crippen LogP contribution in [0.15, 0.2) is 35.6 Å². The lowest BCUT2D eigenvalue weighted by Crippen LogP contribution is -2.32. The highest BCUT2D eigenvalue weighted by Crippen LogP contribution is 2.28. The maximum absolute atomic E-state index is 12.4. The number of nitrogens with one attached hydrogen (secondary N) is 1. The van der Waals surface area contributed by atoms with E-state index in [2.05, 4.69) is 14.9 Å². The van der Waals surface area contributed by atoms with Crippen LogP contribution in [-0.2, 0) is 22.7 Å². The lowest BCUT2D eigenvalue weighted by molar-refractivity contribution is -0.126. The SMILES string of the molecule is O=C(NCc1cn2c(n1)SCC2)[C@H]1CC(=O)N(c2cccc(O)c2)C1. The molecule has 2 N–H and O–H groups in total. The first-order valence-corrected chi connectivity index (χ1v) is 9.14. The van der Waals surface area contributed by atoms with E-state index in [0.29, 0.717) is 18.8 Å². The maximum Gasteiger partial charge on any atom is 0.227 e. The van der Waals surface area contributed by atoms with E-state index >= 15 is 0 Å². The van der Waals surface area contributed by atoms with Crippen LogP contribution in [0, 0.1) is 5.92 Å². The van der Waals surface area contributed by atoms with Crippen LogP contribution in [0.1, 0.15) is 12.1 Å². The van der Waals surface area contributed by atoms with Crippen LogP contribution in [-0.4, -0.2) is 38.8 Å². The Hall–Kier alpha value is -2.48. The van der Waals surface area contributed by atoms with Gasteiger partial charge in [0, 0.05) is 43.2 Å². The molecule has 0 spiro atoms. The van der Waals surface area contributed by atoms with Gasteiger partial charge in [-0.15, -0.1) is 0 Å². The Balaban J connectivity index is 1.37. The third-order valence-corrected chi connectivity index (χ3v) is 5.40. The van der Waals surface area contributed by atoms with Crippen LogP contribution < -0.4 is 10.2 Å². The molecule has 1 aromatic carbocycles. The summed E-state index contributed by atoms with van der Waals surface area (Å²) in [4.78, 5) is 30.6. The van der Waals surface area contributed by atoms with E-state index in [1.165, 1.54) is 6.07 Å². The summed E-state index contributed by atoms with van der Waals surface area (Å²) in [5.74, 6) is 0.506. The molecule has 7 nitrogen and oxygen atoms in total. The fraction of sp³-hybridized carbons (Fsp3) is 0.353. The number of carbonyl (C=O) groups excluding carboxylic acids is 2. The summed E-state index contributed by atoms with van der Waals surface area (Å²) in [6.07, 6.45) is 2.14. The van der Waals surface area contributed by atoms with Crippen molar-refractivity contribution in [3.8, 4) is 5.75 Å². The smallest absolute Gasteiger partial charge is 0.227 e. The summed E-state index contributed by atoms with van der Waals surface area (Å²) in [5.41, 5.74) is 1.45. The van der Waals surface area contributed by atoms with Gasteiger partial charge in [-0.1, -0.05) is 17.8 Å². The topological polar surface area (TPSA) is 87.5 Å². The van der Waals surface area contributed by atoms with Crippen molar-refractivity contribution >= 4 is 29.3 Å². The Morgan fingerprint density at radius 1 is 1.44 bits per heavy atom. The minimum atomic E-state index is -0.390. The normalized spacial score (nSPS) is 19.3. The van der Waals surface area contributed by atoms with E-state index < -0.39 is 5.92 Å². The highest BCUT2D eigenvalue weighted by Gasteiger charge is 2.35. The van der Waals surface area contributed by atoms with Gasteiger partial charge in [-0.3, -0.25) is 9.59 Å². The van der Waals surface area contributed by atoms with Gasteiger partial charge in [-0.2, -0.15) is 0 Å². The molecule has 1 atom stereocenters. The number of carbonyl (C=O) groups is 2. The van der Waals surface area contributed by atoms with Crippen LogP contribution in [0.3, 0.4) is 0 Å². The van der Waals surface area contributed by atoms with E-state index in [0.717, 1.165) is 23.1 Å². The van der Waals surface area contributed by atoms with E-state index in [-0.39, 0.29) is 24.0 Å². The third-order valence-electron chi connectivity index (χ3n) is 4.43. The van der Waals surface area contributed by atoms with Crippen LogP contribution >= 0.6 is 11.8 Å². The molecule has 0 radical (unpaired) electrons. The molecular weight excluding hydrogens is 340 g/mol. The number of aryl methyl sites for hydroxylation is 1. The number of anilines is 1. The molecule has 3 heterocycles. The molecule has 1 fully saturated rings. The van der Waals surface area contributed by atoms with Crippen molar-refractivity contribution in [2.45, 2.75) is 24.7 Å². The number of imidazole rings is 1. The number of rotatable bonds is 4. The van der Waals surface area contributed by atoms with Gasteiger partial charge in [-0.25, -0.2) is 4.98 Å². The van der Waals surface area contributed by atoms with E-state index in [1.54, 1.807) is 34.9 Å². The first kappa shape index (κ1) is 16.0. The highest BCUT2D eigenvalue weighted by molar-refractivity contribution is 7.99. The number of amides is 2. The zero-order chi connectivity index (χ0) is 17.4. The van der Waals surface area contributed by atoms with Gasteiger partial charge in [0.1, 0.15) is 5.75 Å². The first-order valence-electron chi connectivity index (χ1n) is 8.16. The van der Waals surface area contributed by atoms with E-state index in [4.69, 9.17) is 0 Å². The second-order valence-electron chi connectivity index (χ2n) is 6.20. The van der Waals surface area contributed by atoms with Crippen molar-refractivity contribution in [1.29, 1.82) is 0 Å². The van der Waals surface area contributed by atoms with Crippen LogP contribution in [0.25, 0.3) is 0 Å². The fourth-order valence-corrected chi connectivity index (χ4v) is 4.12. The number of benzene rings is 1. The average molecular weight is 358 g/mol. The molecule has 4 rings (SSSR count). The number of hydrogen-bond donors (Lipinski definition) is 2. The van der Waals surface area contributed by atoms with Crippen molar-refractivity contribution in [3.05, 3.63) is 36.2 Å². The molecule has 2 aliphatic rings. The minimum absolute atomic E-state index is 0.101. The van der Waals surface area contributed by atoms with Gasteiger partial charge in [0.15, 0.2) is 5.16 Å². The standard InChI is InChI=1S/C17H18N4O3S/c22-14-3-1-2-13(7-14)21-9-11(6-15(21)23)16(24)18-8-12-10-20-4-5-25-17(20)19-12/h1-3,7,10-11,22H,4-6,8-9H2,(H,18,24)/t11-/m0/s1.